The summed E-state index contributed by atoms with van der Waals surface area (Å²) in [6.45, 7) is 9.67. The zero-order chi connectivity index (χ0) is 33.5. The quantitative estimate of drug-likeness (QED) is 0.160. The normalized spacial score (nSPS) is 26.3. The van der Waals surface area contributed by atoms with Gasteiger partial charge in [-0.1, -0.05) is 29.8 Å². The van der Waals surface area contributed by atoms with Crippen LogP contribution in [0.5, 0.6) is 11.5 Å². The van der Waals surface area contributed by atoms with Gasteiger partial charge in [-0.25, -0.2) is 0 Å². The largest absolute Gasteiger partial charge is 1.00 e. The summed E-state index contributed by atoms with van der Waals surface area (Å²) >= 11 is 0. The average Bonchev–Trinajstić information content (AvgIpc) is 3.46. The minimum Gasteiger partial charge on any atom is -1.00 e. The Balaban J connectivity index is 0.00000252. The van der Waals surface area contributed by atoms with E-state index in [-0.39, 0.29) is 48.0 Å². The molecule has 4 saturated carbocycles. The van der Waals surface area contributed by atoms with Crippen molar-refractivity contribution in [2.24, 2.45) is 23.7 Å². The second-order valence-electron chi connectivity index (χ2n) is 17.7. The Labute approximate surface area is 345 Å². The molecular formula is C45H68I2N2O2. The van der Waals surface area contributed by atoms with Gasteiger partial charge in [0.05, 0.1) is 66.6 Å². The van der Waals surface area contributed by atoms with Gasteiger partial charge in [0, 0.05) is 0 Å². The first kappa shape index (κ1) is 41.3. The van der Waals surface area contributed by atoms with E-state index in [0.717, 1.165) is 61.2 Å². The lowest BCUT2D eigenvalue weighted by Gasteiger charge is -2.52. The highest BCUT2D eigenvalue weighted by Crippen LogP contribution is 2.58. The number of benzene rings is 2. The first-order chi connectivity index (χ1) is 24.0. The minimum atomic E-state index is 0. The van der Waals surface area contributed by atoms with Crippen molar-refractivity contribution in [3.05, 3.63) is 65.2 Å². The van der Waals surface area contributed by atoms with Crippen LogP contribution in [0.3, 0.4) is 0 Å². The summed E-state index contributed by atoms with van der Waals surface area (Å²) in [6, 6.07) is 18.4. The molecule has 2 aromatic carbocycles. The topological polar surface area (TPSA) is 18.5 Å². The molecule has 0 atom stereocenters. The zero-order valence-corrected chi connectivity index (χ0v) is 36.4. The van der Waals surface area contributed by atoms with E-state index in [1.165, 1.54) is 161 Å². The molecule has 0 amide bonds. The van der Waals surface area contributed by atoms with Crippen molar-refractivity contribution in [3.8, 4) is 11.5 Å². The first-order valence-corrected chi connectivity index (χ1v) is 20.8. The van der Waals surface area contributed by atoms with E-state index in [1.54, 1.807) is 5.57 Å². The Hall–Kier alpha value is -0.840. The minimum absolute atomic E-state index is 0. The Bertz CT molecular complexity index is 1250. The number of halogens is 2. The van der Waals surface area contributed by atoms with Gasteiger partial charge >= 0.3 is 0 Å². The molecule has 2 aliphatic heterocycles. The highest BCUT2D eigenvalue weighted by Gasteiger charge is 2.46. The van der Waals surface area contributed by atoms with E-state index in [4.69, 9.17) is 9.47 Å². The molecule has 0 unspecified atom stereocenters. The van der Waals surface area contributed by atoms with Crippen molar-refractivity contribution in [2.75, 3.05) is 66.6 Å². The Morgan fingerprint density at radius 2 is 0.882 bits per heavy atom. The van der Waals surface area contributed by atoms with E-state index in [0.29, 0.717) is 0 Å². The van der Waals surface area contributed by atoms with Gasteiger partial charge in [0.15, 0.2) is 0 Å². The third-order valence-electron chi connectivity index (χ3n) is 13.6. The van der Waals surface area contributed by atoms with Crippen LogP contribution in [0.15, 0.2) is 54.1 Å². The van der Waals surface area contributed by atoms with Gasteiger partial charge in [0.1, 0.15) is 11.5 Å². The molecule has 2 aromatic rings. The number of ether oxygens (including phenoxy) is 2. The lowest BCUT2D eigenvalue weighted by molar-refractivity contribution is -0.909. The summed E-state index contributed by atoms with van der Waals surface area (Å²) in [5.74, 6) is 5.49. The number of hydrogen-bond acceptors (Lipinski definition) is 2. The van der Waals surface area contributed by atoms with Crippen LogP contribution in [0, 0.1) is 23.7 Å². The summed E-state index contributed by atoms with van der Waals surface area (Å²) < 4.78 is 15.1. The number of nitrogens with zero attached hydrogens (tertiary/aromatic N) is 2. The van der Waals surface area contributed by atoms with Crippen LogP contribution in [0.4, 0.5) is 0 Å². The van der Waals surface area contributed by atoms with Gasteiger partial charge < -0.3 is 66.4 Å². The first-order valence-electron chi connectivity index (χ1n) is 20.8. The second-order valence-corrected chi connectivity index (χ2v) is 17.7. The molecule has 4 aliphatic carbocycles. The van der Waals surface area contributed by atoms with Crippen molar-refractivity contribution < 1.29 is 66.4 Å². The Morgan fingerprint density at radius 3 is 1.25 bits per heavy atom. The lowest BCUT2D eigenvalue weighted by atomic mass is 9.53. The monoisotopic (exact) mass is 922 g/mol. The maximum absolute atomic E-state index is 6.31. The van der Waals surface area contributed by atoms with Crippen molar-refractivity contribution in [1.82, 2.24) is 0 Å². The molecule has 51 heavy (non-hydrogen) atoms. The number of unbranched alkanes of at least 4 members (excludes halogenated alkanes) is 2. The van der Waals surface area contributed by atoms with Crippen LogP contribution in [0.1, 0.15) is 120 Å². The predicted octanol–water partition coefficient (Wildman–Crippen LogP) is 4.31. The molecule has 0 aromatic heterocycles. The lowest BCUT2D eigenvalue weighted by Crippen LogP contribution is -3.00. The SMILES string of the molecule is C[N+]1(CCCCOc2ccc(C(=C3C4CC5CC(C4)CC3C5)c3ccc(OCCCC[N+]4(C)CCCCCC4)cc3)cc2)CCCCCC1.[I-].[I-]. The van der Waals surface area contributed by atoms with Crippen LogP contribution < -0.4 is 57.4 Å². The molecule has 0 radical (unpaired) electrons. The van der Waals surface area contributed by atoms with Crippen molar-refractivity contribution in [3.63, 3.8) is 0 Å². The highest BCUT2D eigenvalue weighted by molar-refractivity contribution is 5.83. The van der Waals surface area contributed by atoms with E-state index in [9.17, 15) is 0 Å². The van der Waals surface area contributed by atoms with Crippen LogP contribution in [-0.2, 0) is 0 Å². The van der Waals surface area contributed by atoms with Gasteiger partial charge in [-0.3, -0.25) is 0 Å². The van der Waals surface area contributed by atoms with E-state index >= 15 is 0 Å². The summed E-state index contributed by atoms with van der Waals surface area (Å²) in [4.78, 5) is 0. The Morgan fingerprint density at radius 1 is 0.510 bits per heavy atom. The molecule has 8 rings (SSSR count). The van der Waals surface area contributed by atoms with Crippen molar-refractivity contribution >= 4 is 5.57 Å². The molecule has 6 heteroatoms. The van der Waals surface area contributed by atoms with Gasteiger partial charge in [-0.2, -0.15) is 0 Å². The van der Waals surface area contributed by atoms with E-state index in [1.807, 2.05) is 0 Å². The van der Waals surface area contributed by atoms with Crippen molar-refractivity contribution in [1.29, 1.82) is 0 Å². The van der Waals surface area contributed by atoms with Crippen molar-refractivity contribution in [2.45, 2.75) is 109 Å². The molecule has 0 spiro atoms. The summed E-state index contributed by atoms with van der Waals surface area (Å²) in [6.07, 6.45) is 23.2. The standard InChI is InChI=1S/C45H68N2O2.2HI/c1-46(23-7-3-4-8-24-46)27-11-13-29-48-42-19-15-38(16-20-42)44(45-40-32-36-31-37(34-40)35-41(45)33-36)39-17-21-43(22-18-39)49-30-14-12-28-47(2)25-9-5-6-10-26-47;;/h15-22,36-37,40-41H,3-14,23-35H2,1-2H3;2*1H/q+2;;/p-2. The zero-order valence-electron chi connectivity index (χ0n) is 32.1. The maximum atomic E-state index is 6.31. The molecule has 4 nitrogen and oxygen atoms in total. The molecule has 2 heterocycles. The number of likely N-dealkylation sites (tertiary alicyclic amines) is 2. The van der Waals surface area contributed by atoms with Gasteiger partial charge in [-0.05, 0) is 174 Å². The summed E-state index contributed by atoms with van der Waals surface area (Å²) in [7, 11) is 4.95. The number of rotatable bonds is 14. The molecule has 4 bridgehead atoms. The molecule has 6 fully saturated rings. The fraction of sp³-hybridized carbons (Fsp3) is 0.689. The summed E-state index contributed by atoms with van der Waals surface area (Å²) in [5, 5.41) is 0. The van der Waals surface area contributed by atoms with Crippen LogP contribution in [0.25, 0.3) is 5.57 Å². The number of quaternary nitrogens is 2. The molecule has 2 saturated heterocycles. The predicted molar refractivity (Wildman–Crippen MR) is 204 cm³/mol. The van der Waals surface area contributed by atoms with Crippen LogP contribution in [0.2, 0.25) is 0 Å². The highest BCUT2D eigenvalue weighted by atomic mass is 127. The second kappa shape index (κ2) is 19.7. The van der Waals surface area contributed by atoms with Gasteiger partial charge in [0.25, 0.3) is 0 Å². The fourth-order valence-corrected chi connectivity index (χ4v) is 11.0. The number of hydrogen-bond donors (Lipinski definition) is 0. The number of allylic oxidation sites excluding steroid dienone is 1. The molecule has 6 aliphatic rings. The fourth-order valence-electron chi connectivity index (χ4n) is 11.0. The van der Waals surface area contributed by atoms with E-state index < -0.39 is 0 Å². The van der Waals surface area contributed by atoms with Crippen LogP contribution in [-0.4, -0.2) is 75.5 Å². The third kappa shape index (κ3) is 11.1. The molecular weight excluding hydrogens is 854 g/mol. The Kier molecular flexibility index (Phi) is 15.9. The third-order valence-corrected chi connectivity index (χ3v) is 13.6. The van der Waals surface area contributed by atoms with Gasteiger partial charge in [-0.15, -0.1) is 0 Å². The molecule has 0 N–H and O–H groups in total. The summed E-state index contributed by atoms with van der Waals surface area (Å²) in [5.41, 5.74) is 6.01. The maximum Gasteiger partial charge on any atom is 0.119 e. The van der Waals surface area contributed by atoms with E-state index in [2.05, 4.69) is 62.6 Å². The molecule has 284 valence electrons. The van der Waals surface area contributed by atoms with Crippen LogP contribution >= 0.6 is 0 Å². The average molecular weight is 923 g/mol. The van der Waals surface area contributed by atoms with Gasteiger partial charge in [0.2, 0.25) is 0 Å². The smallest absolute Gasteiger partial charge is 0.119 e.